The third kappa shape index (κ3) is 4.73. The molecule has 6 heteroatoms. The highest BCUT2D eigenvalue weighted by Crippen LogP contribution is 2.24. The van der Waals surface area contributed by atoms with E-state index in [1.165, 1.54) is 26.2 Å². The maximum Gasteiger partial charge on any atom is 0.251 e. The third-order valence-corrected chi connectivity index (χ3v) is 4.60. The van der Waals surface area contributed by atoms with E-state index >= 15 is 0 Å². The van der Waals surface area contributed by atoms with Crippen molar-refractivity contribution in [3.05, 3.63) is 54.0 Å². The van der Waals surface area contributed by atoms with Crippen LogP contribution in [0.4, 0.5) is 5.69 Å². The van der Waals surface area contributed by atoms with E-state index in [0.29, 0.717) is 17.8 Å². The SMILES string of the molecule is CC(=O)Nc1cccc(C(=O)NCC(c2ccco2)N2CCCCC2)c1. The first-order chi connectivity index (χ1) is 12.6. The normalized spacial score (nSPS) is 16.0. The largest absolute Gasteiger partial charge is 0.468 e. The molecule has 0 radical (unpaired) electrons. The Labute approximate surface area is 153 Å². The lowest BCUT2D eigenvalue weighted by Gasteiger charge is -2.33. The first-order valence-corrected chi connectivity index (χ1v) is 9.07. The van der Waals surface area contributed by atoms with Gasteiger partial charge in [-0.05, 0) is 56.3 Å². The molecule has 26 heavy (non-hydrogen) atoms. The summed E-state index contributed by atoms with van der Waals surface area (Å²) in [5.74, 6) is 0.551. The highest BCUT2D eigenvalue weighted by molar-refractivity contribution is 5.96. The minimum Gasteiger partial charge on any atom is -0.468 e. The lowest BCUT2D eigenvalue weighted by Crippen LogP contribution is -2.40. The van der Waals surface area contributed by atoms with Crippen LogP contribution in [0.1, 0.15) is 48.3 Å². The zero-order valence-corrected chi connectivity index (χ0v) is 15.0. The van der Waals surface area contributed by atoms with Crippen LogP contribution in [0.2, 0.25) is 0 Å². The third-order valence-electron chi connectivity index (χ3n) is 4.60. The molecule has 0 spiro atoms. The minimum absolute atomic E-state index is 0.0350. The first kappa shape index (κ1) is 18.2. The van der Waals surface area contributed by atoms with Gasteiger partial charge >= 0.3 is 0 Å². The van der Waals surface area contributed by atoms with E-state index in [4.69, 9.17) is 4.42 Å². The maximum atomic E-state index is 12.6. The number of carbonyl (C=O) groups is 2. The molecule has 1 aliphatic heterocycles. The van der Waals surface area contributed by atoms with Crippen molar-refractivity contribution in [1.82, 2.24) is 10.2 Å². The topological polar surface area (TPSA) is 74.6 Å². The molecule has 3 rings (SSSR count). The Morgan fingerprint density at radius 2 is 1.96 bits per heavy atom. The molecule has 0 bridgehead atoms. The van der Waals surface area contributed by atoms with Gasteiger partial charge in [-0.2, -0.15) is 0 Å². The van der Waals surface area contributed by atoms with Gasteiger partial charge in [-0.15, -0.1) is 0 Å². The lowest BCUT2D eigenvalue weighted by atomic mass is 10.1. The van der Waals surface area contributed by atoms with Crippen molar-refractivity contribution in [3.63, 3.8) is 0 Å². The molecular formula is C20H25N3O3. The van der Waals surface area contributed by atoms with Gasteiger partial charge in [0.15, 0.2) is 0 Å². The van der Waals surface area contributed by atoms with Crippen molar-refractivity contribution < 1.29 is 14.0 Å². The Hall–Kier alpha value is -2.60. The number of benzene rings is 1. The van der Waals surface area contributed by atoms with Crippen molar-refractivity contribution in [2.75, 3.05) is 25.0 Å². The summed E-state index contributed by atoms with van der Waals surface area (Å²) in [7, 11) is 0. The van der Waals surface area contributed by atoms with Crippen LogP contribution in [0.3, 0.4) is 0 Å². The van der Waals surface area contributed by atoms with Gasteiger partial charge in [-0.25, -0.2) is 0 Å². The number of piperidine rings is 1. The number of amides is 2. The number of furan rings is 1. The van der Waals surface area contributed by atoms with Crippen molar-refractivity contribution >= 4 is 17.5 Å². The summed E-state index contributed by atoms with van der Waals surface area (Å²) in [6.45, 7) is 3.95. The predicted octanol–water partition coefficient (Wildman–Crippen LogP) is 3.20. The number of hydrogen-bond acceptors (Lipinski definition) is 4. The quantitative estimate of drug-likeness (QED) is 0.834. The Balaban J connectivity index is 1.66. The lowest BCUT2D eigenvalue weighted by molar-refractivity contribution is -0.114. The van der Waals surface area contributed by atoms with Gasteiger partial charge < -0.3 is 15.1 Å². The summed E-state index contributed by atoms with van der Waals surface area (Å²) < 4.78 is 5.61. The second-order valence-electron chi connectivity index (χ2n) is 6.60. The molecule has 1 unspecified atom stereocenters. The van der Waals surface area contributed by atoms with Crippen LogP contribution in [0.15, 0.2) is 47.1 Å². The van der Waals surface area contributed by atoms with Gasteiger partial charge in [0.05, 0.1) is 12.3 Å². The Morgan fingerprint density at radius 3 is 2.65 bits per heavy atom. The van der Waals surface area contributed by atoms with Crippen molar-refractivity contribution in [2.45, 2.75) is 32.2 Å². The van der Waals surface area contributed by atoms with Crippen molar-refractivity contribution in [2.24, 2.45) is 0 Å². The van der Waals surface area contributed by atoms with E-state index in [1.807, 2.05) is 12.1 Å². The van der Waals surface area contributed by atoms with Crippen LogP contribution in [0, 0.1) is 0 Å². The van der Waals surface area contributed by atoms with Gasteiger partial charge in [0.2, 0.25) is 5.91 Å². The van der Waals surface area contributed by atoms with E-state index in [-0.39, 0.29) is 17.9 Å². The molecule has 1 aromatic carbocycles. The Kier molecular flexibility index (Phi) is 6.07. The van der Waals surface area contributed by atoms with Crippen LogP contribution < -0.4 is 10.6 Å². The molecular weight excluding hydrogens is 330 g/mol. The Morgan fingerprint density at radius 1 is 1.15 bits per heavy atom. The molecule has 2 heterocycles. The molecule has 6 nitrogen and oxygen atoms in total. The van der Waals surface area contributed by atoms with Crippen molar-refractivity contribution in [3.8, 4) is 0 Å². The number of anilines is 1. The average Bonchev–Trinajstić information content (AvgIpc) is 3.17. The van der Waals surface area contributed by atoms with E-state index < -0.39 is 0 Å². The van der Waals surface area contributed by atoms with Gasteiger partial charge in [0.1, 0.15) is 5.76 Å². The fourth-order valence-corrected chi connectivity index (χ4v) is 3.35. The molecule has 1 aromatic heterocycles. The standard InChI is InChI=1S/C20H25N3O3/c1-15(24)22-17-8-5-7-16(13-17)20(25)21-14-18(19-9-6-12-26-19)23-10-3-2-4-11-23/h5-9,12-13,18H,2-4,10-11,14H2,1H3,(H,21,25)(H,22,24). The van der Waals surface area contributed by atoms with Crippen LogP contribution in [0.5, 0.6) is 0 Å². The highest BCUT2D eigenvalue weighted by Gasteiger charge is 2.25. The van der Waals surface area contributed by atoms with Crippen LogP contribution >= 0.6 is 0 Å². The average molecular weight is 355 g/mol. The fourth-order valence-electron chi connectivity index (χ4n) is 3.35. The molecule has 1 fully saturated rings. The van der Waals surface area contributed by atoms with E-state index in [9.17, 15) is 9.59 Å². The summed E-state index contributed by atoms with van der Waals surface area (Å²) >= 11 is 0. The molecule has 2 N–H and O–H groups in total. The molecule has 0 aliphatic carbocycles. The number of rotatable bonds is 6. The summed E-state index contributed by atoms with van der Waals surface area (Å²) in [6.07, 6.45) is 5.27. The molecule has 0 saturated carbocycles. The second-order valence-corrected chi connectivity index (χ2v) is 6.60. The highest BCUT2D eigenvalue weighted by atomic mass is 16.3. The monoisotopic (exact) mass is 355 g/mol. The predicted molar refractivity (Wildman–Crippen MR) is 100.0 cm³/mol. The van der Waals surface area contributed by atoms with E-state index in [1.54, 1.807) is 30.5 Å². The Bertz CT molecular complexity index is 737. The number of hydrogen-bond donors (Lipinski definition) is 2. The number of carbonyl (C=O) groups excluding carboxylic acids is 2. The minimum atomic E-state index is -0.162. The molecule has 138 valence electrons. The van der Waals surface area contributed by atoms with Crippen LogP contribution in [-0.2, 0) is 4.79 Å². The zero-order chi connectivity index (χ0) is 18.4. The first-order valence-electron chi connectivity index (χ1n) is 9.07. The van der Waals surface area contributed by atoms with E-state index in [2.05, 4.69) is 15.5 Å². The molecule has 2 amide bonds. The van der Waals surface area contributed by atoms with Gasteiger partial charge in [-0.3, -0.25) is 14.5 Å². The van der Waals surface area contributed by atoms with Gasteiger partial charge in [0.25, 0.3) is 5.91 Å². The van der Waals surface area contributed by atoms with Crippen molar-refractivity contribution in [1.29, 1.82) is 0 Å². The van der Waals surface area contributed by atoms with Gasteiger partial charge in [-0.1, -0.05) is 12.5 Å². The van der Waals surface area contributed by atoms with Gasteiger partial charge in [0, 0.05) is 24.7 Å². The van der Waals surface area contributed by atoms with Crippen LogP contribution in [-0.4, -0.2) is 36.3 Å². The van der Waals surface area contributed by atoms with E-state index in [0.717, 1.165) is 18.8 Å². The van der Waals surface area contributed by atoms with Crippen LogP contribution in [0.25, 0.3) is 0 Å². The molecule has 1 atom stereocenters. The zero-order valence-electron chi connectivity index (χ0n) is 15.0. The smallest absolute Gasteiger partial charge is 0.251 e. The molecule has 1 aliphatic rings. The molecule has 2 aromatic rings. The fraction of sp³-hybridized carbons (Fsp3) is 0.400. The summed E-state index contributed by atoms with van der Waals surface area (Å²) in [5.41, 5.74) is 1.14. The summed E-state index contributed by atoms with van der Waals surface area (Å²) in [5, 5.41) is 5.71. The molecule has 1 saturated heterocycles. The summed E-state index contributed by atoms with van der Waals surface area (Å²) in [6, 6.07) is 10.8. The number of likely N-dealkylation sites (tertiary alicyclic amines) is 1. The second kappa shape index (κ2) is 8.67. The maximum absolute atomic E-state index is 12.6. The number of nitrogens with one attached hydrogen (secondary N) is 2. The summed E-state index contributed by atoms with van der Waals surface area (Å²) in [4.78, 5) is 26.1. The number of nitrogens with zero attached hydrogens (tertiary/aromatic N) is 1.